The first kappa shape index (κ1) is 18.4. The van der Waals surface area contributed by atoms with Crippen molar-refractivity contribution < 1.29 is 33.4 Å². The van der Waals surface area contributed by atoms with Crippen molar-refractivity contribution in [1.82, 2.24) is 0 Å². The van der Waals surface area contributed by atoms with Crippen LogP contribution in [0.25, 0.3) is 0 Å². The summed E-state index contributed by atoms with van der Waals surface area (Å²) in [5, 5.41) is 2.45. The third-order valence-corrected chi connectivity index (χ3v) is 3.88. The van der Waals surface area contributed by atoms with Crippen LogP contribution in [0, 0.1) is 11.8 Å². The molecule has 0 aliphatic heterocycles. The van der Waals surface area contributed by atoms with Crippen LogP contribution in [0.4, 0.5) is 5.69 Å². The average Bonchev–Trinajstić information content (AvgIpc) is 3.35. The number of rotatable bonds is 6. The van der Waals surface area contributed by atoms with E-state index in [-0.39, 0.29) is 28.7 Å². The molecule has 8 heteroatoms. The van der Waals surface area contributed by atoms with E-state index in [0.717, 1.165) is 6.42 Å². The predicted molar refractivity (Wildman–Crippen MR) is 86.0 cm³/mol. The normalized spacial score (nSPS) is 18.0. The van der Waals surface area contributed by atoms with Crippen molar-refractivity contribution in [2.45, 2.75) is 13.3 Å². The maximum Gasteiger partial charge on any atom is 0.339 e. The van der Waals surface area contributed by atoms with Crippen LogP contribution in [0.15, 0.2) is 18.2 Å². The van der Waals surface area contributed by atoms with Crippen LogP contribution >= 0.6 is 0 Å². The summed E-state index contributed by atoms with van der Waals surface area (Å²) in [6.45, 7) is 1.44. The van der Waals surface area contributed by atoms with E-state index >= 15 is 0 Å². The van der Waals surface area contributed by atoms with E-state index in [9.17, 15) is 19.2 Å². The van der Waals surface area contributed by atoms with E-state index in [1.165, 1.54) is 32.4 Å². The summed E-state index contributed by atoms with van der Waals surface area (Å²) >= 11 is 0. The molecule has 8 nitrogen and oxygen atoms in total. The second kappa shape index (κ2) is 7.78. The Hall–Kier alpha value is -2.90. The van der Waals surface area contributed by atoms with Crippen LogP contribution in [0.5, 0.6) is 0 Å². The molecule has 0 heterocycles. The van der Waals surface area contributed by atoms with Crippen molar-refractivity contribution in [1.29, 1.82) is 0 Å². The van der Waals surface area contributed by atoms with Crippen LogP contribution in [-0.4, -0.2) is 44.6 Å². The van der Waals surface area contributed by atoms with Gasteiger partial charge in [0, 0.05) is 0 Å². The molecule has 134 valence electrons. The molecule has 1 fully saturated rings. The Kier molecular flexibility index (Phi) is 5.74. The quantitative estimate of drug-likeness (QED) is 0.611. The number of benzene rings is 1. The van der Waals surface area contributed by atoms with Crippen molar-refractivity contribution in [3.63, 3.8) is 0 Å². The maximum atomic E-state index is 12.0. The van der Waals surface area contributed by atoms with Gasteiger partial charge in [-0.15, -0.1) is 0 Å². The Labute approximate surface area is 144 Å². The standard InChI is InChI=1S/C17H19NO7/c1-9-6-12(9)17(22)25-8-14(19)18-13-7-10(15(20)23-2)4-5-11(13)16(21)24-3/h4-5,7,9,12H,6,8H2,1-3H3,(H,18,19)/t9-,12+/m1/s1. The zero-order chi connectivity index (χ0) is 18.6. The summed E-state index contributed by atoms with van der Waals surface area (Å²) in [6, 6.07) is 4.01. The number of amides is 1. The minimum absolute atomic E-state index is 0.0608. The molecule has 0 radical (unpaired) electrons. The van der Waals surface area contributed by atoms with Crippen molar-refractivity contribution in [2.24, 2.45) is 11.8 Å². The minimum Gasteiger partial charge on any atom is -0.465 e. The van der Waals surface area contributed by atoms with Crippen LogP contribution in [0.3, 0.4) is 0 Å². The fourth-order valence-corrected chi connectivity index (χ4v) is 2.26. The monoisotopic (exact) mass is 349 g/mol. The molecular weight excluding hydrogens is 330 g/mol. The Morgan fingerprint density at radius 2 is 1.76 bits per heavy atom. The van der Waals surface area contributed by atoms with Crippen LogP contribution in [0.2, 0.25) is 0 Å². The molecule has 1 aromatic rings. The number of carbonyl (C=O) groups excluding carboxylic acids is 4. The Bertz CT molecular complexity index is 713. The fourth-order valence-electron chi connectivity index (χ4n) is 2.26. The summed E-state index contributed by atoms with van der Waals surface area (Å²) in [4.78, 5) is 47.0. The van der Waals surface area contributed by atoms with Gasteiger partial charge in [0.1, 0.15) is 0 Å². The lowest BCUT2D eigenvalue weighted by atomic mass is 10.1. The van der Waals surface area contributed by atoms with Gasteiger partial charge in [0.2, 0.25) is 0 Å². The SMILES string of the molecule is COC(=O)c1ccc(C(=O)OC)c(NC(=O)COC(=O)[C@H]2C[C@H]2C)c1. The number of esters is 3. The summed E-state index contributed by atoms with van der Waals surface area (Å²) < 4.78 is 14.2. The van der Waals surface area contributed by atoms with Gasteiger partial charge in [0.15, 0.2) is 6.61 Å². The molecule has 1 aliphatic rings. The lowest BCUT2D eigenvalue weighted by Gasteiger charge is -2.11. The zero-order valence-corrected chi connectivity index (χ0v) is 14.2. The number of hydrogen-bond acceptors (Lipinski definition) is 7. The first-order valence-electron chi connectivity index (χ1n) is 7.64. The van der Waals surface area contributed by atoms with E-state index in [1.54, 1.807) is 0 Å². The summed E-state index contributed by atoms with van der Waals surface area (Å²) in [5.74, 6) is -2.23. The number of anilines is 1. The smallest absolute Gasteiger partial charge is 0.339 e. The fraction of sp³-hybridized carbons (Fsp3) is 0.412. The van der Waals surface area contributed by atoms with E-state index in [4.69, 9.17) is 4.74 Å². The molecule has 0 bridgehead atoms. The van der Waals surface area contributed by atoms with Gasteiger partial charge in [-0.25, -0.2) is 9.59 Å². The van der Waals surface area contributed by atoms with Crippen molar-refractivity contribution in [3.05, 3.63) is 29.3 Å². The third-order valence-electron chi connectivity index (χ3n) is 3.88. The second-order valence-electron chi connectivity index (χ2n) is 5.72. The lowest BCUT2D eigenvalue weighted by molar-refractivity contribution is -0.148. The number of hydrogen-bond donors (Lipinski definition) is 1. The molecule has 1 N–H and O–H groups in total. The summed E-state index contributed by atoms with van der Waals surface area (Å²) in [6.07, 6.45) is 0.758. The highest BCUT2D eigenvalue weighted by atomic mass is 16.5. The largest absolute Gasteiger partial charge is 0.465 e. The topological polar surface area (TPSA) is 108 Å². The Morgan fingerprint density at radius 1 is 1.12 bits per heavy atom. The highest BCUT2D eigenvalue weighted by Crippen LogP contribution is 2.38. The van der Waals surface area contributed by atoms with E-state index in [2.05, 4.69) is 14.8 Å². The number of methoxy groups -OCH3 is 2. The maximum absolute atomic E-state index is 12.0. The van der Waals surface area contributed by atoms with Crippen molar-refractivity contribution >= 4 is 29.5 Å². The van der Waals surface area contributed by atoms with Gasteiger partial charge in [0.25, 0.3) is 5.91 Å². The molecule has 0 saturated heterocycles. The highest BCUT2D eigenvalue weighted by molar-refractivity contribution is 6.04. The number of carbonyl (C=O) groups is 4. The molecular formula is C17H19NO7. The Morgan fingerprint density at radius 3 is 2.32 bits per heavy atom. The zero-order valence-electron chi connectivity index (χ0n) is 14.2. The minimum atomic E-state index is -0.685. The summed E-state index contributed by atoms with van der Waals surface area (Å²) in [5.41, 5.74) is 0.274. The molecule has 0 aromatic heterocycles. The van der Waals surface area contributed by atoms with Crippen LogP contribution in [0.1, 0.15) is 34.1 Å². The lowest BCUT2D eigenvalue weighted by Crippen LogP contribution is -2.23. The van der Waals surface area contributed by atoms with E-state index in [0.29, 0.717) is 0 Å². The van der Waals surface area contributed by atoms with Crippen molar-refractivity contribution in [2.75, 3.05) is 26.1 Å². The molecule has 1 saturated carbocycles. The third kappa shape index (κ3) is 4.56. The average molecular weight is 349 g/mol. The molecule has 25 heavy (non-hydrogen) atoms. The molecule has 0 unspecified atom stereocenters. The van der Waals surface area contributed by atoms with Gasteiger partial charge in [-0.2, -0.15) is 0 Å². The molecule has 1 aliphatic carbocycles. The van der Waals surface area contributed by atoms with E-state index < -0.39 is 30.4 Å². The van der Waals surface area contributed by atoms with Gasteiger partial charge in [-0.05, 0) is 30.5 Å². The van der Waals surface area contributed by atoms with Gasteiger partial charge in [0.05, 0.1) is 37.0 Å². The highest BCUT2D eigenvalue weighted by Gasteiger charge is 2.40. The first-order chi connectivity index (χ1) is 11.9. The van der Waals surface area contributed by atoms with Crippen LogP contribution in [-0.2, 0) is 23.8 Å². The first-order valence-corrected chi connectivity index (χ1v) is 7.64. The van der Waals surface area contributed by atoms with Crippen LogP contribution < -0.4 is 5.32 Å². The molecule has 2 atom stereocenters. The number of nitrogens with one attached hydrogen (secondary N) is 1. The Balaban J connectivity index is 2.09. The molecule has 0 spiro atoms. The van der Waals surface area contributed by atoms with E-state index in [1.807, 2.05) is 6.92 Å². The van der Waals surface area contributed by atoms with Gasteiger partial charge in [-0.1, -0.05) is 6.92 Å². The van der Waals surface area contributed by atoms with Gasteiger partial charge in [-0.3, -0.25) is 9.59 Å². The number of ether oxygens (including phenoxy) is 3. The molecule has 1 aromatic carbocycles. The molecule has 2 rings (SSSR count). The second-order valence-corrected chi connectivity index (χ2v) is 5.72. The summed E-state index contributed by atoms with van der Waals surface area (Å²) in [7, 11) is 2.41. The van der Waals surface area contributed by atoms with Gasteiger partial charge < -0.3 is 19.5 Å². The molecule has 1 amide bonds. The van der Waals surface area contributed by atoms with Gasteiger partial charge >= 0.3 is 17.9 Å². The van der Waals surface area contributed by atoms with Crippen molar-refractivity contribution in [3.8, 4) is 0 Å². The predicted octanol–water partition coefficient (Wildman–Crippen LogP) is 1.40.